The molecule has 0 heterocycles. The lowest BCUT2D eigenvalue weighted by atomic mass is 10.2. The molecule has 0 aromatic heterocycles. The second-order valence-electron chi connectivity index (χ2n) is 8.02. The third-order valence-electron chi connectivity index (χ3n) is 5.34. The fourth-order valence-electron chi connectivity index (χ4n) is 3.46. The van der Waals surface area contributed by atoms with E-state index in [1.807, 2.05) is 85.8 Å². The topological polar surface area (TPSA) is 69.2 Å². The van der Waals surface area contributed by atoms with Gasteiger partial charge in [0.25, 0.3) is 5.91 Å². The number of hydrogen-bond acceptors (Lipinski definition) is 5. The quantitative estimate of drug-likeness (QED) is 0.179. The van der Waals surface area contributed by atoms with Gasteiger partial charge in [-0.1, -0.05) is 66.2 Å². The summed E-state index contributed by atoms with van der Waals surface area (Å²) in [6.07, 6.45) is 1.55. The zero-order chi connectivity index (χ0) is 25.9. The first kappa shape index (κ1) is 25.8. The van der Waals surface area contributed by atoms with Crippen molar-refractivity contribution in [1.29, 1.82) is 0 Å². The number of nitrogens with zero attached hydrogens (tertiary/aromatic N) is 1. The van der Waals surface area contributed by atoms with E-state index in [9.17, 15) is 4.79 Å². The van der Waals surface area contributed by atoms with E-state index in [4.69, 9.17) is 25.8 Å². The molecule has 1 N–H and O–H groups in total. The Morgan fingerprint density at radius 1 is 0.784 bits per heavy atom. The van der Waals surface area contributed by atoms with Crippen LogP contribution >= 0.6 is 11.6 Å². The Labute approximate surface area is 221 Å². The van der Waals surface area contributed by atoms with Crippen LogP contribution in [0.4, 0.5) is 0 Å². The number of rotatable bonds is 11. The standard InChI is InChI=1S/C30H27ClN2O4/c1-2-35-29-18-24(14-17-28(29)37-20-22-8-4-3-5-9-22)30(34)33-32-19-25-10-6-7-11-27(25)36-21-23-12-15-26(31)16-13-23/h3-19H,2,20-21H2,1H3,(H,33,34)/b32-19+. The minimum atomic E-state index is -0.369. The lowest BCUT2D eigenvalue weighted by Crippen LogP contribution is -2.18. The number of hydrazone groups is 1. The van der Waals surface area contributed by atoms with Crippen LogP contribution in [0.25, 0.3) is 0 Å². The van der Waals surface area contributed by atoms with E-state index in [2.05, 4.69) is 10.5 Å². The van der Waals surface area contributed by atoms with Crippen LogP contribution in [0.2, 0.25) is 5.02 Å². The molecule has 6 nitrogen and oxygen atoms in total. The molecule has 188 valence electrons. The van der Waals surface area contributed by atoms with Crippen molar-refractivity contribution in [1.82, 2.24) is 5.43 Å². The molecule has 0 spiro atoms. The zero-order valence-electron chi connectivity index (χ0n) is 20.4. The van der Waals surface area contributed by atoms with Crippen LogP contribution in [0.5, 0.6) is 17.2 Å². The second-order valence-corrected chi connectivity index (χ2v) is 8.46. The Balaban J connectivity index is 1.38. The molecule has 0 aliphatic carbocycles. The molecule has 0 unspecified atom stereocenters. The van der Waals surface area contributed by atoms with E-state index in [1.54, 1.807) is 24.4 Å². The van der Waals surface area contributed by atoms with Gasteiger partial charge in [0.2, 0.25) is 0 Å². The third-order valence-corrected chi connectivity index (χ3v) is 5.59. The molecule has 37 heavy (non-hydrogen) atoms. The highest BCUT2D eigenvalue weighted by atomic mass is 35.5. The average Bonchev–Trinajstić information content (AvgIpc) is 2.93. The lowest BCUT2D eigenvalue weighted by molar-refractivity contribution is 0.0954. The molecular weight excluding hydrogens is 488 g/mol. The summed E-state index contributed by atoms with van der Waals surface area (Å²) in [4.78, 5) is 12.7. The fourth-order valence-corrected chi connectivity index (χ4v) is 3.58. The zero-order valence-corrected chi connectivity index (χ0v) is 21.2. The van der Waals surface area contributed by atoms with Crippen molar-refractivity contribution in [3.05, 3.63) is 124 Å². The second kappa shape index (κ2) is 13.1. The molecular formula is C30H27ClN2O4. The third kappa shape index (κ3) is 7.59. The van der Waals surface area contributed by atoms with Gasteiger partial charge in [-0.2, -0.15) is 5.10 Å². The maximum Gasteiger partial charge on any atom is 0.271 e. The van der Waals surface area contributed by atoms with Gasteiger partial charge < -0.3 is 14.2 Å². The predicted molar refractivity (Wildman–Crippen MR) is 146 cm³/mol. The van der Waals surface area contributed by atoms with Crippen molar-refractivity contribution in [3.63, 3.8) is 0 Å². The Hall–Kier alpha value is -4.29. The molecule has 0 bridgehead atoms. The SMILES string of the molecule is CCOc1cc(C(=O)N/N=C/c2ccccc2OCc2ccc(Cl)cc2)ccc1OCc1ccccc1. The Bertz CT molecular complexity index is 1340. The number of para-hydroxylation sites is 1. The number of nitrogens with one attached hydrogen (secondary N) is 1. The highest BCUT2D eigenvalue weighted by Gasteiger charge is 2.12. The van der Waals surface area contributed by atoms with Gasteiger partial charge in [-0.05, 0) is 60.5 Å². The number of halogens is 1. The highest BCUT2D eigenvalue weighted by Crippen LogP contribution is 2.29. The molecule has 0 saturated carbocycles. The van der Waals surface area contributed by atoms with E-state index in [1.165, 1.54) is 0 Å². The normalized spacial score (nSPS) is 10.8. The van der Waals surface area contributed by atoms with Crippen LogP contribution in [0.1, 0.15) is 34.0 Å². The predicted octanol–water partition coefficient (Wildman–Crippen LogP) is 6.66. The number of hydrogen-bond donors (Lipinski definition) is 1. The minimum Gasteiger partial charge on any atom is -0.490 e. The lowest BCUT2D eigenvalue weighted by Gasteiger charge is -2.13. The van der Waals surface area contributed by atoms with Crippen molar-refractivity contribution in [2.75, 3.05) is 6.61 Å². The van der Waals surface area contributed by atoms with Gasteiger partial charge in [0, 0.05) is 16.1 Å². The monoisotopic (exact) mass is 514 g/mol. The summed E-state index contributed by atoms with van der Waals surface area (Å²) in [5.74, 6) is 1.34. The number of ether oxygens (including phenoxy) is 3. The number of carbonyl (C=O) groups excluding carboxylic acids is 1. The first-order valence-corrected chi connectivity index (χ1v) is 12.2. The molecule has 4 aromatic rings. The smallest absolute Gasteiger partial charge is 0.271 e. The van der Waals surface area contributed by atoms with Crippen molar-refractivity contribution < 1.29 is 19.0 Å². The van der Waals surface area contributed by atoms with E-state index in [0.29, 0.717) is 47.7 Å². The Morgan fingerprint density at radius 3 is 2.22 bits per heavy atom. The minimum absolute atomic E-state index is 0.369. The van der Waals surface area contributed by atoms with Crippen molar-refractivity contribution >= 4 is 23.7 Å². The number of benzene rings is 4. The fraction of sp³-hybridized carbons (Fsp3) is 0.133. The van der Waals surface area contributed by atoms with Gasteiger partial charge in [-0.15, -0.1) is 0 Å². The summed E-state index contributed by atoms with van der Waals surface area (Å²) in [7, 11) is 0. The first-order chi connectivity index (χ1) is 18.1. The van der Waals surface area contributed by atoms with Crippen LogP contribution in [0, 0.1) is 0 Å². The van der Waals surface area contributed by atoms with Crippen molar-refractivity contribution in [3.8, 4) is 17.2 Å². The van der Waals surface area contributed by atoms with Gasteiger partial charge in [0.15, 0.2) is 11.5 Å². The average molecular weight is 515 g/mol. The molecule has 4 aromatic carbocycles. The van der Waals surface area contributed by atoms with Crippen LogP contribution < -0.4 is 19.6 Å². The van der Waals surface area contributed by atoms with Crippen LogP contribution in [-0.2, 0) is 13.2 Å². The molecule has 0 aliphatic heterocycles. The molecule has 0 fully saturated rings. The molecule has 0 saturated heterocycles. The molecule has 7 heteroatoms. The summed E-state index contributed by atoms with van der Waals surface area (Å²) in [6, 6.07) is 29.8. The Morgan fingerprint density at radius 2 is 1.46 bits per heavy atom. The molecule has 0 atom stereocenters. The maximum absolute atomic E-state index is 12.7. The van der Waals surface area contributed by atoms with Gasteiger partial charge in [0.1, 0.15) is 19.0 Å². The van der Waals surface area contributed by atoms with Gasteiger partial charge >= 0.3 is 0 Å². The van der Waals surface area contributed by atoms with E-state index < -0.39 is 0 Å². The summed E-state index contributed by atoms with van der Waals surface area (Å²) in [5, 5.41) is 4.80. The molecule has 4 rings (SSSR count). The van der Waals surface area contributed by atoms with Gasteiger partial charge in [-0.25, -0.2) is 5.43 Å². The van der Waals surface area contributed by atoms with Gasteiger partial charge in [-0.3, -0.25) is 4.79 Å². The molecule has 0 radical (unpaired) electrons. The summed E-state index contributed by atoms with van der Waals surface area (Å²) in [6.45, 7) is 3.10. The van der Waals surface area contributed by atoms with E-state index >= 15 is 0 Å². The summed E-state index contributed by atoms with van der Waals surface area (Å²) in [5.41, 5.74) is 5.73. The Kier molecular flexibility index (Phi) is 9.16. The van der Waals surface area contributed by atoms with Crippen LogP contribution in [0.15, 0.2) is 102 Å². The largest absolute Gasteiger partial charge is 0.490 e. The van der Waals surface area contributed by atoms with Gasteiger partial charge in [0.05, 0.1) is 12.8 Å². The first-order valence-electron chi connectivity index (χ1n) is 11.9. The highest BCUT2D eigenvalue weighted by molar-refractivity contribution is 6.30. The van der Waals surface area contributed by atoms with E-state index in [-0.39, 0.29) is 5.91 Å². The number of amides is 1. The summed E-state index contributed by atoms with van der Waals surface area (Å²) >= 11 is 5.94. The van der Waals surface area contributed by atoms with Crippen LogP contribution in [0.3, 0.4) is 0 Å². The van der Waals surface area contributed by atoms with Crippen LogP contribution in [-0.4, -0.2) is 18.7 Å². The van der Waals surface area contributed by atoms with Crippen molar-refractivity contribution in [2.24, 2.45) is 5.10 Å². The number of carbonyl (C=O) groups is 1. The van der Waals surface area contributed by atoms with E-state index in [0.717, 1.165) is 16.7 Å². The molecule has 0 aliphatic rings. The summed E-state index contributed by atoms with van der Waals surface area (Å²) < 4.78 is 17.6. The maximum atomic E-state index is 12.7. The van der Waals surface area contributed by atoms with Crippen molar-refractivity contribution in [2.45, 2.75) is 20.1 Å². The molecule has 1 amide bonds.